The Kier molecular flexibility index (Phi) is 62.7. The standard InChI is InChI=1S/C12H25O2P.3BrH.2H3P/c13-12(14)10-8-6-4-2-1-3-5-7-9-11-15;;;;;/h1-11,15H2,(H,13,14);3*1H;2*1H3. The molecule has 0 saturated heterocycles. The Labute approximate surface area is 165 Å². The quantitative estimate of drug-likeness (QED) is 0.269. The first-order valence-corrected chi connectivity index (χ1v) is 7.01. The van der Waals surface area contributed by atoms with Crippen LogP contribution in [-0.2, 0) is 4.79 Å². The Hall–Kier alpha value is 2.20. The molecule has 0 radical (unpaired) electrons. The number of hydrogen-bond donors (Lipinski definition) is 1. The van der Waals surface area contributed by atoms with Gasteiger partial charge in [-0.2, -0.15) is 19.8 Å². The van der Waals surface area contributed by atoms with Crippen LogP contribution in [0, 0.1) is 0 Å². The second-order valence-electron chi connectivity index (χ2n) is 4.11. The van der Waals surface area contributed by atoms with Crippen LogP contribution in [0.2, 0.25) is 0 Å². The summed E-state index contributed by atoms with van der Waals surface area (Å²) in [5, 5.41) is 8.43. The van der Waals surface area contributed by atoms with Gasteiger partial charge in [-0.15, -0.1) is 60.2 Å². The van der Waals surface area contributed by atoms with Crippen LogP contribution < -0.4 is 0 Å². The van der Waals surface area contributed by atoms with Crippen molar-refractivity contribution in [3.8, 4) is 0 Å². The van der Waals surface area contributed by atoms with Crippen molar-refractivity contribution in [1.29, 1.82) is 0 Å². The van der Waals surface area contributed by atoms with Gasteiger partial charge < -0.3 is 5.11 Å². The van der Waals surface area contributed by atoms with Gasteiger partial charge in [-0.1, -0.05) is 44.9 Å². The number of carboxylic acid groups (broad SMARTS) is 1. The highest BCUT2D eigenvalue weighted by atomic mass is 79.9. The summed E-state index contributed by atoms with van der Waals surface area (Å²) in [4.78, 5) is 10.2. The van der Waals surface area contributed by atoms with E-state index >= 15 is 0 Å². The average Bonchev–Trinajstić information content (AvgIpc) is 2.20. The van der Waals surface area contributed by atoms with Gasteiger partial charge in [0.05, 0.1) is 0 Å². The fourth-order valence-electron chi connectivity index (χ4n) is 1.66. The topological polar surface area (TPSA) is 37.3 Å². The van der Waals surface area contributed by atoms with Crippen molar-refractivity contribution in [3.05, 3.63) is 0 Å². The molecule has 2 nitrogen and oxygen atoms in total. The normalized spacial score (nSPS) is 7.85. The molecule has 0 aliphatic heterocycles. The highest BCUT2D eigenvalue weighted by Crippen LogP contribution is 2.10. The second-order valence-corrected chi connectivity index (χ2v) is 4.69. The molecular formula is C12H34Br3O2P3. The fourth-order valence-corrected chi connectivity index (χ4v) is 1.95. The van der Waals surface area contributed by atoms with Gasteiger partial charge in [0.15, 0.2) is 0 Å². The monoisotopic (exact) mass is 540 g/mol. The summed E-state index contributed by atoms with van der Waals surface area (Å²) in [6.45, 7) is 0. The summed E-state index contributed by atoms with van der Waals surface area (Å²) in [6, 6.07) is 0. The molecule has 0 fully saturated rings. The zero-order valence-corrected chi connectivity index (χ0v) is 21.5. The van der Waals surface area contributed by atoms with Gasteiger partial charge in [-0.3, -0.25) is 4.79 Å². The molecule has 8 heteroatoms. The Morgan fingerprint density at radius 2 is 1.00 bits per heavy atom. The Balaban J connectivity index is -0.0000000980. The molecule has 0 heterocycles. The molecule has 0 bridgehead atoms. The minimum absolute atomic E-state index is 0. The maximum Gasteiger partial charge on any atom is 0.303 e. The van der Waals surface area contributed by atoms with E-state index in [4.69, 9.17) is 5.11 Å². The molecular weight excluding hydrogens is 509 g/mol. The molecule has 0 amide bonds. The predicted octanol–water partition coefficient (Wildman–Crippen LogP) is 5.70. The lowest BCUT2D eigenvalue weighted by atomic mass is 10.1. The van der Waals surface area contributed by atoms with Crippen LogP contribution in [0.25, 0.3) is 0 Å². The van der Waals surface area contributed by atoms with E-state index in [0.29, 0.717) is 6.42 Å². The first-order chi connectivity index (χ1) is 7.27. The first kappa shape index (κ1) is 38.0. The minimum Gasteiger partial charge on any atom is -0.481 e. The molecule has 3 atom stereocenters. The molecule has 20 heavy (non-hydrogen) atoms. The molecule has 0 aromatic carbocycles. The smallest absolute Gasteiger partial charge is 0.303 e. The Bertz CT molecular complexity index is 167. The van der Waals surface area contributed by atoms with E-state index in [1.54, 1.807) is 0 Å². The van der Waals surface area contributed by atoms with Crippen LogP contribution in [0.4, 0.5) is 0 Å². The summed E-state index contributed by atoms with van der Waals surface area (Å²) in [5.41, 5.74) is 0. The van der Waals surface area contributed by atoms with E-state index in [0.717, 1.165) is 12.8 Å². The van der Waals surface area contributed by atoms with Crippen LogP contribution in [0.3, 0.4) is 0 Å². The van der Waals surface area contributed by atoms with Crippen molar-refractivity contribution in [3.63, 3.8) is 0 Å². The number of hydrogen-bond acceptors (Lipinski definition) is 1. The molecule has 0 aromatic heterocycles. The van der Waals surface area contributed by atoms with Crippen LogP contribution in [0.15, 0.2) is 0 Å². The number of rotatable bonds is 11. The molecule has 0 aliphatic rings. The maximum absolute atomic E-state index is 10.2. The summed E-state index contributed by atoms with van der Waals surface area (Å²) in [7, 11) is 2.77. The van der Waals surface area contributed by atoms with E-state index in [-0.39, 0.29) is 70.7 Å². The van der Waals surface area contributed by atoms with E-state index in [2.05, 4.69) is 9.24 Å². The highest BCUT2D eigenvalue weighted by molar-refractivity contribution is 8.93. The van der Waals surface area contributed by atoms with Gasteiger partial charge in [-0.25, -0.2) is 0 Å². The largest absolute Gasteiger partial charge is 0.481 e. The van der Waals surface area contributed by atoms with Gasteiger partial charge in [-0.05, 0) is 19.0 Å². The lowest BCUT2D eigenvalue weighted by Crippen LogP contribution is -1.93. The van der Waals surface area contributed by atoms with E-state index in [9.17, 15) is 4.79 Å². The van der Waals surface area contributed by atoms with Gasteiger partial charge >= 0.3 is 5.97 Å². The number of unbranched alkanes of at least 4 members (excludes halogenated alkanes) is 8. The number of aliphatic carboxylic acids is 1. The molecule has 0 aromatic rings. The van der Waals surface area contributed by atoms with E-state index < -0.39 is 5.97 Å². The van der Waals surface area contributed by atoms with E-state index in [1.807, 2.05) is 0 Å². The van der Waals surface area contributed by atoms with Crippen molar-refractivity contribution < 1.29 is 9.90 Å². The zero-order chi connectivity index (χ0) is 11.4. The maximum atomic E-state index is 10.2. The SMILES string of the molecule is Br.Br.Br.O=C(O)CCCCCCCCCCCP.P.P. The lowest BCUT2D eigenvalue weighted by Gasteiger charge is -2.01. The first-order valence-electron chi connectivity index (χ1n) is 6.19. The highest BCUT2D eigenvalue weighted by Gasteiger charge is 1.96. The third-order valence-corrected chi connectivity index (χ3v) is 3.00. The summed E-state index contributed by atoms with van der Waals surface area (Å²) >= 11 is 0. The molecule has 0 spiro atoms. The average molecular weight is 543 g/mol. The number of carboxylic acids is 1. The van der Waals surface area contributed by atoms with Crippen LogP contribution in [0.1, 0.15) is 64.2 Å². The lowest BCUT2D eigenvalue weighted by molar-refractivity contribution is -0.137. The van der Waals surface area contributed by atoms with Crippen molar-refractivity contribution in [1.82, 2.24) is 0 Å². The van der Waals surface area contributed by atoms with Gasteiger partial charge in [0.25, 0.3) is 0 Å². The van der Waals surface area contributed by atoms with Crippen LogP contribution in [-0.4, -0.2) is 17.2 Å². The van der Waals surface area contributed by atoms with Crippen molar-refractivity contribution in [2.75, 3.05) is 6.16 Å². The minimum atomic E-state index is -0.660. The van der Waals surface area contributed by atoms with Crippen molar-refractivity contribution in [2.24, 2.45) is 0 Å². The second kappa shape index (κ2) is 33.0. The molecule has 0 aliphatic carbocycles. The summed E-state index contributed by atoms with van der Waals surface area (Å²) in [6.07, 6.45) is 12.7. The Morgan fingerprint density at radius 3 is 1.30 bits per heavy atom. The van der Waals surface area contributed by atoms with Gasteiger partial charge in [0.2, 0.25) is 0 Å². The Morgan fingerprint density at radius 1 is 0.700 bits per heavy atom. The zero-order valence-electron chi connectivity index (χ0n) is 12.3. The van der Waals surface area contributed by atoms with Gasteiger partial charge in [0.1, 0.15) is 0 Å². The van der Waals surface area contributed by atoms with Gasteiger partial charge in [0, 0.05) is 6.42 Å². The molecule has 1 N–H and O–H groups in total. The molecule has 130 valence electrons. The van der Waals surface area contributed by atoms with Crippen LogP contribution in [0.5, 0.6) is 0 Å². The summed E-state index contributed by atoms with van der Waals surface area (Å²) < 4.78 is 0. The molecule has 3 unspecified atom stereocenters. The number of carbonyl (C=O) groups is 1. The molecule has 0 saturated carbocycles. The van der Waals surface area contributed by atoms with Crippen molar-refractivity contribution in [2.45, 2.75) is 64.2 Å². The molecule has 0 rings (SSSR count). The van der Waals surface area contributed by atoms with Crippen molar-refractivity contribution >= 4 is 86.0 Å². The third-order valence-electron chi connectivity index (χ3n) is 2.59. The fraction of sp³-hybridized carbons (Fsp3) is 0.917. The number of halogens is 3. The van der Waals surface area contributed by atoms with E-state index in [1.165, 1.54) is 51.1 Å². The van der Waals surface area contributed by atoms with Crippen LogP contribution >= 0.6 is 80.0 Å². The third kappa shape index (κ3) is 36.9. The predicted molar refractivity (Wildman–Crippen MR) is 122 cm³/mol. The summed E-state index contributed by atoms with van der Waals surface area (Å²) in [5.74, 6) is -0.660.